The molecule has 3 aliphatic carbocycles. The minimum Gasteiger partial charge on any atom is -0.493 e. The maximum absolute atomic E-state index is 12.5. The molecular weight excluding hydrogens is 332 g/mol. The molecule has 0 aromatic heterocycles. The van der Waals surface area contributed by atoms with Gasteiger partial charge in [-0.3, -0.25) is 4.79 Å². The average molecular weight is 362 g/mol. The van der Waals surface area contributed by atoms with Crippen molar-refractivity contribution >= 4 is 5.97 Å². The Morgan fingerprint density at radius 3 is 2.15 bits per heavy atom. The molecule has 0 saturated heterocycles. The third-order valence-electron chi connectivity index (χ3n) is 6.64. The molecule has 4 atom stereocenters. The summed E-state index contributed by atoms with van der Waals surface area (Å²) < 4.78 is 21.9. The van der Waals surface area contributed by atoms with Crippen LogP contribution in [0.1, 0.15) is 39.2 Å². The van der Waals surface area contributed by atoms with Crippen LogP contribution in [0.25, 0.3) is 0 Å². The largest absolute Gasteiger partial charge is 0.493 e. The van der Waals surface area contributed by atoms with E-state index in [1.807, 2.05) is 0 Å². The Morgan fingerprint density at radius 2 is 1.69 bits per heavy atom. The van der Waals surface area contributed by atoms with Gasteiger partial charge in [0.1, 0.15) is 6.10 Å². The highest BCUT2D eigenvalue weighted by molar-refractivity contribution is 5.74. The van der Waals surface area contributed by atoms with Crippen molar-refractivity contribution in [2.45, 2.75) is 46.1 Å². The Bertz CT molecular complexity index is 656. The molecule has 26 heavy (non-hydrogen) atoms. The Hall–Kier alpha value is -1.91. The summed E-state index contributed by atoms with van der Waals surface area (Å²) in [7, 11) is 4.69. The first-order valence-electron chi connectivity index (χ1n) is 9.30. The molecule has 2 bridgehead atoms. The van der Waals surface area contributed by atoms with Gasteiger partial charge >= 0.3 is 5.97 Å². The molecule has 3 saturated carbocycles. The molecular formula is C21H30O5. The van der Waals surface area contributed by atoms with E-state index in [-0.39, 0.29) is 18.5 Å². The number of benzene rings is 1. The van der Waals surface area contributed by atoms with Gasteiger partial charge in [0.05, 0.1) is 27.8 Å². The quantitative estimate of drug-likeness (QED) is 0.719. The number of esters is 1. The number of hydrogen-bond acceptors (Lipinski definition) is 5. The summed E-state index contributed by atoms with van der Waals surface area (Å²) in [4.78, 5) is 12.5. The standard InChI is InChI=1S/C21H30O5/c1-12-15-10-14(21(15,2)3)11-16(12)26-19(22)9-13-7-17(23-4)20(25-6)18(8-13)24-5/h7-8,12,14-16H,9-11H2,1-6H3/t12-,14-,15+,16-/m1/s1. The first-order chi connectivity index (χ1) is 12.3. The van der Waals surface area contributed by atoms with Crippen molar-refractivity contribution < 1.29 is 23.7 Å². The van der Waals surface area contributed by atoms with E-state index in [9.17, 15) is 4.79 Å². The summed E-state index contributed by atoms with van der Waals surface area (Å²) in [6, 6.07) is 3.60. The van der Waals surface area contributed by atoms with E-state index in [0.29, 0.717) is 40.4 Å². The Morgan fingerprint density at radius 1 is 1.08 bits per heavy atom. The Kier molecular flexibility index (Phi) is 5.09. The molecule has 3 fully saturated rings. The molecule has 0 radical (unpaired) electrons. The minimum absolute atomic E-state index is 0.0290. The zero-order chi connectivity index (χ0) is 19.1. The third kappa shape index (κ3) is 3.12. The highest BCUT2D eigenvalue weighted by atomic mass is 16.5. The number of ether oxygens (including phenoxy) is 4. The van der Waals surface area contributed by atoms with E-state index in [0.717, 1.165) is 12.0 Å². The second-order valence-electron chi connectivity index (χ2n) is 8.19. The maximum Gasteiger partial charge on any atom is 0.310 e. The zero-order valence-electron chi connectivity index (χ0n) is 16.6. The van der Waals surface area contributed by atoms with Gasteiger partial charge in [-0.05, 0) is 53.7 Å². The van der Waals surface area contributed by atoms with Crippen LogP contribution in [0, 0.1) is 23.2 Å². The van der Waals surface area contributed by atoms with E-state index < -0.39 is 0 Å². The van der Waals surface area contributed by atoms with Crippen molar-refractivity contribution in [2.75, 3.05) is 21.3 Å². The van der Waals surface area contributed by atoms with Crippen LogP contribution in [0.5, 0.6) is 17.2 Å². The summed E-state index contributed by atoms with van der Waals surface area (Å²) in [5, 5.41) is 0. The summed E-state index contributed by atoms with van der Waals surface area (Å²) >= 11 is 0. The fourth-order valence-electron chi connectivity index (χ4n) is 4.87. The summed E-state index contributed by atoms with van der Waals surface area (Å²) in [5.74, 6) is 3.15. The fraction of sp³-hybridized carbons (Fsp3) is 0.667. The lowest BCUT2D eigenvalue weighted by Gasteiger charge is -2.61. The lowest BCUT2D eigenvalue weighted by Crippen LogP contribution is -2.57. The van der Waals surface area contributed by atoms with Crippen LogP contribution in [0.3, 0.4) is 0 Å². The van der Waals surface area contributed by atoms with Crippen LogP contribution in [0.15, 0.2) is 12.1 Å². The topological polar surface area (TPSA) is 54.0 Å². The van der Waals surface area contributed by atoms with Gasteiger partial charge in [-0.1, -0.05) is 20.8 Å². The number of rotatable bonds is 6. The van der Waals surface area contributed by atoms with Gasteiger partial charge in [0, 0.05) is 0 Å². The normalized spacial score (nSPS) is 28.7. The number of methoxy groups -OCH3 is 3. The average Bonchev–Trinajstić information content (AvgIpc) is 2.61. The zero-order valence-corrected chi connectivity index (χ0v) is 16.6. The van der Waals surface area contributed by atoms with Crippen molar-refractivity contribution in [3.05, 3.63) is 17.7 Å². The van der Waals surface area contributed by atoms with E-state index in [1.165, 1.54) is 6.42 Å². The smallest absolute Gasteiger partial charge is 0.310 e. The predicted octanol–water partition coefficient (Wildman–Crippen LogP) is 3.87. The molecule has 5 nitrogen and oxygen atoms in total. The van der Waals surface area contributed by atoms with Gasteiger partial charge in [0.25, 0.3) is 0 Å². The summed E-state index contributed by atoms with van der Waals surface area (Å²) in [5.41, 5.74) is 1.18. The molecule has 4 rings (SSSR count). The van der Waals surface area contributed by atoms with Crippen molar-refractivity contribution in [3.63, 3.8) is 0 Å². The van der Waals surface area contributed by atoms with Crippen molar-refractivity contribution in [1.29, 1.82) is 0 Å². The molecule has 0 spiro atoms. The Labute approximate surface area is 156 Å². The monoisotopic (exact) mass is 362 g/mol. The Balaban J connectivity index is 1.67. The second kappa shape index (κ2) is 7.01. The third-order valence-corrected chi connectivity index (χ3v) is 6.64. The van der Waals surface area contributed by atoms with Crippen molar-refractivity contribution in [3.8, 4) is 17.2 Å². The van der Waals surface area contributed by atoms with Gasteiger partial charge in [0.2, 0.25) is 5.75 Å². The van der Waals surface area contributed by atoms with Gasteiger partial charge < -0.3 is 18.9 Å². The molecule has 1 aromatic rings. The van der Waals surface area contributed by atoms with Gasteiger partial charge in [-0.15, -0.1) is 0 Å². The first-order valence-corrected chi connectivity index (χ1v) is 9.30. The highest BCUT2D eigenvalue weighted by Crippen LogP contribution is 2.61. The van der Waals surface area contributed by atoms with Crippen LogP contribution >= 0.6 is 0 Å². The lowest BCUT2D eigenvalue weighted by atomic mass is 9.45. The molecule has 144 valence electrons. The fourth-order valence-corrected chi connectivity index (χ4v) is 4.87. The molecule has 3 aliphatic rings. The number of fused-ring (bicyclic) bond motifs is 2. The SMILES string of the molecule is COc1cc(CC(=O)O[C@@H]2C[C@H]3C[C@@H]([C@H]2C)C3(C)C)cc(OC)c1OC. The predicted molar refractivity (Wildman–Crippen MR) is 98.8 cm³/mol. The van der Waals surface area contributed by atoms with E-state index >= 15 is 0 Å². The molecule has 0 amide bonds. The highest BCUT2D eigenvalue weighted by Gasteiger charge is 2.57. The van der Waals surface area contributed by atoms with E-state index in [2.05, 4.69) is 20.8 Å². The molecule has 0 N–H and O–H groups in total. The summed E-state index contributed by atoms with van der Waals surface area (Å²) in [6.45, 7) is 6.91. The van der Waals surface area contributed by atoms with E-state index in [4.69, 9.17) is 18.9 Å². The lowest BCUT2D eigenvalue weighted by molar-refractivity contribution is -0.185. The number of carbonyl (C=O) groups is 1. The molecule has 5 heteroatoms. The van der Waals surface area contributed by atoms with Crippen LogP contribution in [0.4, 0.5) is 0 Å². The molecule has 1 aromatic carbocycles. The minimum atomic E-state index is -0.199. The first kappa shape index (κ1) is 18.9. The van der Waals surface area contributed by atoms with Crippen LogP contribution in [0.2, 0.25) is 0 Å². The number of carbonyl (C=O) groups excluding carboxylic acids is 1. The summed E-state index contributed by atoms with van der Waals surface area (Å²) in [6.07, 6.45) is 2.47. The van der Waals surface area contributed by atoms with E-state index in [1.54, 1.807) is 33.5 Å². The molecule has 0 aliphatic heterocycles. The maximum atomic E-state index is 12.5. The molecule has 0 heterocycles. The van der Waals surface area contributed by atoms with Crippen molar-refractivity contribution in [2.24, 2.45) is 23.2 Å². The van der Waals surface area contributed by atoms with Gasteiger partial charge in [-0.25, -0.2) is 0 Å². The van der Waals surface area contributed by atoms with Crippen LogP contribution in [-0.2, 0) is 16.0 Å². The van der Waals surface area contributed by atoms with Crippen molar-refractivity contribution in [1.82, 2.24) is 0 Å². The second-order valence-corrected chi connectivity index (χ2v) is 8.19. The van der Waals surface area contributed by atoms with Crippen LogP contribution in [-0.4, -0.2) is 33.4 Å². The van der Waals surface area contributed by atoms with Gasteiger partial charge in [-0.2, -0.15) is 0 Å². The molecule has 0 unspecified atom stereocenters. The van der Waals surface area contributed by atoms with Crippen LogP contribution < -0.4 is 14.2 Å². The van der Waals surface area contributed by atoms with Gasteiger partial charge in [0.15, 0.2) is 11.5 Å². The number of hydrogen-bond donors (Lipinski definition) is 0.